The summed E-state index contributed by atoms with van der Waals surface area (Å²) in [5, 5.41) is 1.61. The van der Waals surface area contributed by atoms with Crippen molar-refractivity contribution >= 4 is 22.6 Å². The van der Waals surface area contributed by atoms with Gasteiger partial charge in [0.05, 0.1) is 17.2 Å². The molecule has 2 rings (SSSR count). The first-order valence-corrected chi connectivity index (χ1v) is 6.46. The zero-order valence-corrected chi connectivity index (χ0v) is 11.4. The quantitative estimate of drug-likeness (QED) is 0.894. The molecule has 1 heterocycles. The Kier molecular flexibility index (Phi) is 4.27. The molecule has 98 valence electrons. The van der Waals surface area contributed by atoms with Gasteiger partial charge in [0, 0.05) is 12.5 Å². The molecule has 2 N–H and O–H groups in total. The van der Waals surface area contributed by atoms with Gasteiger partial charge in [-0.15, -0.1) is 0 Å². The summed E-state index contributed by atoms with van der Waals surface area (Å²) in [4.78, 5) is 0. The molecule has 0 aliphatic rings. The van der Waals surface area contributed by atoms with Crippen molar-refractivity contribution < 1.29 is 9.15 Å². The first kappa shape index (κ1) is 13.4. The maximum Gasteiger partial charge on any atom is 0.152 e. The molecule has 3 nitrogen and oxygen atoms in total. The fourth-order valence-electron chi connectivity index (χ4n) is 1.90. The van der Waals surface area contributed by atoms with Gasteiger partial charge in [-0.1, -0.05) is 23.7 Å². The average Bonchev–Trinajstić information content (AvgIpc) is 2.81. The van der Waals surface area contributed by atoms with E-state index in [4.69, 9.17) is 26.5 Å². The molecule has 1 aromatic heterocycles. The Bertz CT molecular complexity index is 523. The zero-order valence-electron chi connectivity index (χ0n) is 10.7. The van der Waals surface area contributed by atoms with Crippen molar-refractivity contribution in [1.29, 1.82) is 0 Å². The SMILES string of the molecule is COC(C)CCC(N)c1cc2cccc(Cl)c2o1. The Morgan fingerprint density at radius 2 is 2.17 bits per heavy atom. The van der Waals surface area contributed by atoms with Crippen molar-refractivity contribution in [1.82, 2.24) is 0 Å². The lowest BCUT2D eigenvalue weighted by atomic mass is 10.1. The summed E-state index contributed by atoms with van der Waals surface area (Å²) in [5.41, 5.74) is 6.83. The van der Waals surface area contributed by atoms with E-state index in [0.29, 0.717) is 10.6 Å². The van der Waals surface area contributed by atoms with Crippen LogP contribution < -0.4 is 5.73 Å². The predicted octanol–water partition coefficient (Wildman–Crippen LogP) is 3.90. The molecule has 0 aliphatic heterocycles. The Morgan fingerprint density at radius 3 is 2.83 bits per heavy atom. The van der Waals surface area contributed by atoms with Crippen LogP contribution in [0.5, 0.6) is 0 Å². The van der Waals surface area contributed by atoms with Crippen molar-refractivity contribution in [2.75, 3.05) is 7.11 Å². The van der Waals surface area contributed by atoms with E-state index in [9.17, 15) is 0 Å². The van der Waals surface area contributed by atoms with Gasteiger partial charge in [-0.3, -0.25) is 0 Å². The summed E-state index contributed by atoms with van der Waals surface area (Å²) < 4.78 is 10.9. The fourth-order valence-corrected chi connectivity index (χ4v) is 2.12. The minimum atomic E-state index is -0.119. The van der Waals surface area contributed by atoms with Crippen molar-refractivity contribution in [3.63, 3.8) is 0 Å². The number of ether oxygens (including phenoxy) is 1. The van der Waals surface area contributed by atoms with Crippen molar-refractivity contribution in [3.05, 3.63) is 35.0 Å². The summed E-state index contributed by atoms with van der Waals surface area (Å²) in [5.74, 6) is 0.779. The van der Waals surface area contributed by atoms with Crippen LogP contribution in [0.25, 0.3) is 11.0 Å². The van der Waals surface area contributed by atoms with Crippen LogP contribution in [0.1, 0.15) is 31.6 Å². The third-order valence-electron chi connectivity index (χ3n) is 3.17. The van der Waals surface area contributed by atoms with Crippen molar-refractivity contribution in [3.8, 4) is 0 Å². The molecule has 1 aromatic carbocycles. The number of hydrogen-bond acceptors (Lipinski definition) is 3. The molecule has 0 aliphatic carbocycles. The van der Waals surface area contributed by atoms with Gasteiger partial charge in [-0.25, -0.2) is 0 Å². The molecule has 2 atom stereocenters. The normalized spacial score (nSPS) is 14.9. The number of fused-ring (bicyclic) bond motifs is 1. The third kappa shape index (κ3) is 2.86. The van der Waals surface area contributed by atoms with Gasteiger partial charge < -0.3 is 14.9 Å². The Labute approximate surface area is 112 Å². The van der Waals surface area contributed by atoms with E-state index in [1.54, 1.807) is 7.11 Å². The first-order chi connectivity index (χ1) is 8.61. The highest BCUT2D eigenvalue weighted by Crippen LogP contribution is 2.30. The molecule has 4 heteroatoms. The highest BCUT2D eigenvalue weighted by atomic mass is 35.5. The molecule has 2 unspecified atom stereocenters. The Morgan fingerprint density at radius 1 is 1.39 bits per heavy atom. The van der Waals surface area contributed by atoms with Gasteiger partial charge in [0.25, 0.3) is 0 Å². The third-order valence-corrected chi connectivity index (χ3v) is 3.46. The summed E-state index contributed by atoms with van der Waals surface area (Å²) in [6, 6.07) is 7.53. The van der Waals surface area contributed by atoms with Gasteiger partial charge in [0.1, 0.15) is 5.76 Å². The molecule has 0 saturated heterocycles. The molecule has 2 aromatic rings. The number of furan rings is 1. The molecule has 0 bridgehead atoms. The van der Waals surface area contributed by atoms with Gasteiger partial charge in [0.2, 0.25) is 0 Å². The van der Waals surface area contributed by atoms with Crippen LogP contribution in [-0.2, 0) is 4.74 Å². The van der Waals surface area contributed by atoms with Crippen molar-refractivity contribution in [2.24, 2.45) is 5.73 Å². The molecule has 0 spiro atoms. The highest BCUT2D eigenvalue weighted by Gasteiger charge is 2.14. The lowest BCUT2D eigenvalue weighted by molar-refractivity contribution is 0.106. The standard InChI is InChI=1S/C14H18ClNO2/c1-9(17-2)6-7-12(16)13-8-10-4-3-5-11(15)14(10)18-13/h3-5,8-9,12H,6-7,16H2,1-2H3. The van der Waals surface area contributed by atoms with Gasteiger partial charge in [0.15, 0.2) is 5.58 Å². The second-order valence-electron chi connectivity index (χ2n) is 4.54. The minimum Gasteiger partial charge on any atom is -0.458 e. The van der Waals surface area contributed by atoms with Gasteiger partial charge in [-0.05, 0) is 31.9 Å². The summed E-state index contributed by atoms with van der Waals surface area (Å²) in [7, 11) is 1.71. The van der Waals surface area contributed by atoms with E-state index in [2.05, 4.69) is 0 Å². The number of methoxy groups -OCH3 is 1. The topological polar surface area (TPSA) is 48.4 Å². The van der Waals surface area contributed by atoms with Gasteiger partial charge in [-0.2, -0.15) is 0 Å². The maximum atomic E-state index is 6.12. The zero-order chi connectivity index (χ0) is 13.1. The monoisotopic (exact) mass is 267 g/mol. The van der Waals surface area contributed by atoms with Crippen molar-refractivity contribution in [2.45, 2.75) is 31.9 Å². The van der Waals surface area contributed by atoms with Crippen LogP contribution in [0, 0.1) is 0 Å². The summed E-state index contributed by atoms with van der Waals surface area (Å²) in [6.45, 7) is 2.03. The van der Waals surface area contributed by atoms with Crippen LogP contribution in [-0.4, -0.2) is 13.2 Å². The maximum absolute atomic E-state index is 6.12. The largest absolute Gasteiger partial charge is 0.458 e. The van der Waals surface area contributed by atoms with E-state index in [-0.39, 0.29) is 12.1 Å². The predicted molar refractivity (Wildman–Crippen MR) is 73.9 cm³/mol. The molecule has 0 saturated carbocycles. The Balaban J connectivity index is 2.13. The number of nitrogens with two attached hydrogens (primary N) is 1. The van der Waals surface area contributed by atoms with Crippen LogP contribution in [0.4, 0.5) is 0 Å². The number of benzene rings is 1. The molecule has 0 fully saturated rings. The average molecular weight is 268 g/mol. The van der Waals surface area contributed by atoms with E-state index in [1.165, 1.54) is 0 Å². The highest BCUT2D eigenvalue weighted by molar-refractivity contribution is 6.34. The first-order valence-electron chi connectivity index (χ1n) is 6.08. The van der Waals surface area contributed by atoms with Crippen LogP contribution in [0.2, 0.25) is 5.02 Å². The van der Waals surface area contributed by atoms with Crippen LogP contribution >= 0.6 is 11.6 Å². The van der Waals surface area contributed by atoms with Crippen LogP contribution in [0.3, 0.4) is 0 Å². The molecule has 0 amide bonds. The lowest BCUT2D eigenvalue weighted by Crippen LogP contribution is -2.13. The fraction of sp³-hybridized carbons (Fsp3) is 0.429. The smallest absolute Gasteiger partial charge is 0.152 e. The van der Waals surface area contributed by atoms with E-state index < -0.39 is 0 Å². The van der Waals surface area contributed by atoms with E-state index in [0.717, 1.165) is 24.0 Å². The molecule has 0 radical (unpaired) electrons. The second-order valence-corrected chi connectivity index (χ2v) is 4.94. The number of halogens is 1. The molecular weight excluding hydrogens is 250 g/mol. The van der Waals surface area contributed by atoms with E-state index in [1.807, 2.05) is 31.2 Å². The molecule has 18 heavy (non-hydrogen) atoms. The van der Waals surface area contributed by atoms with E-state index >= 15 is 0 Å². The minimum absolute atomic E-state index is 0.119. The Hall–Kier alpha value is -1.03. The molecular formula is C14H18ClNO2. The number of rotatable bonds is 5. The second kappa shape index (κ2) is 5.74. The summed E-state index contributed by atoms with van der Waals surface area (Å²) >= 11 is 6.07. The summed E-state index contributed by atoms with van der Waals surface area (Å²) in [6.07, 6.45) is 1.94. The number of para-hydroxylation sites is 1. The van der Waals surface area contributed by atoms with Crippen LogP contribution in [0.15, 0.2) is 28.7 Å². The number of hydrogen-bond donors (Lipinski definition) is 1. The lowest BCUT2D eigenvalue weighted by Gasteiger charge is -2.12. The van der Waals surface area contributed by atoms with Gasteiger partial charge >= 0.3 is 0 Å².